The van der Waals surface area contributed by atoms with Crippen LogP contribution < -0.4 is 0 Å². The fraction of sp³-hybridized carbons (Fsp3) is 0.857. The first kappa shape index (κ1) is 11.4. The molecule has 0 spiro atoms. The number of rotatable bonds is 3. The van der Waals surface area contributed by atoms with Crippen molar-refractivity contribution >= 4 is 6.79 Å². The molecule has 0 aromatic rings. The van der Waals surface area contributed by atoms with E-state index in [4.69, 9.17) is 4.79 Å². The first-order chi connectivity index (χ1) is 4.35. The van der Waals surface area contributed by atoms with Crippen molar-refractivity contribution in [3.63, 3.8) is 0 Å². The molecule has 0 heterocycles. The third-order valence-corrected chi connectivity index (χ3v) is 1.34. The quantitative estimate of drug-likeness (QED) is 0.573. The summed E-state index contributed by atoms with van der Waals surface area (Å²) in [5, 5.41) is 0. The summed E-state index contributed by atoms with van der Waals surface area (Å²) in [4.78, 5) is 10.4. The van der Waals surface area contributed by atoms with Crippen LogP contribution in [0.5, 0.6) is 0 Å². The molecule has 0 radical (unpaired) electrons. The minimum absolute atomic E-state index is 1.19. The van der Waals surface area contributed by atoms with Crippen LogP contribution in [-0.4, -0.2) is 31.3 Å². The number of nitrogens with zero attached hydrogens (tertiary/aromatic N) is 1. The second-order valence-electron chi connectivity index (χ2n) is 1.62. The van der Waals surface area contributed by atoms with Crippen molar-refractivity contribution in [2.75, 3.05) is 19.6 Å². The van der Waals surface area contributed by atoms with Gasteiger partial charge in [-0.2, -0.15) is 0 Å². The van der Waals surface area contributed by atoms with Crippen molar-refractivity contribution in [2.24, 2.45) is 0 Å². The Kier molecular flexibility index (Phi) is 13.4. The second kappa shape index (κ2) is 10.6. The average molecular weight is 131 g/mol. The van der Waals surface area contributed by atoms with Crippen molar-refractivity contribution in [2.45, 2.75) is 20.8 Å². The predicted molar refractivity (Wildman–Crippen MR) is 40.6 cm³/mol. The van der Waals surface area contributed by atoms with Gasteiger partial charge < -0.3 is 9.69 Å². The molecule has 0 aliphatic rings. The van der Waals surface area contributed by atoms with Gasteiger partial charge in [-0.1, -0.05) is 20.8 Å². The summed E-state index contributed by atoms with van der Waals surface area (Å²) >= 11 is 0. The van der Waals surface area contributed by atoms with E-state index in [9.17, 15) is 0 Å². The van der Waals surface area contributed by atoms with Gasteiger partial charge >= 0.3 is 0 Å². The van der Waals surface area contributed by atoms with Gasteiger partial charge in [0.25, 0.3) is 0 Å². The lowest BCUT2D eigenvalue weighted by atomic mass is 10.5. The Hall–Kier alpha value is -0.370. The number of carbonyl (C=O) groups is 1. The van der Waals surface area contributed by atoms with E-state index < -0.39 is 0 Å². The van der Waals surface area contributed by atoms with Crippen LogP contribution in [0.1, 0.15) is 20.8 Å². The van der Waals surface area contributed by atoms with E-state index in [1.165, 1.54) is 19.6 Å². The third-order valence-electron chi connectivity index (χ3n) is 1.34. The van der Waals surface area contributed by atoms with Crippen LogP contribution in [0.2, 0.25) is 0 Å². The van der Waals surface area contributed by atoms with Crippen LogP contribution in [-0.2, 0) is 4.79 Å². The highest BCUT2D eigenvalue weighted by Gasteiger charge is 1.89. The molecule has 0 rings (SSSR count). The van der Waals surface area contributed by atoms with Gasteiger partial charge in [0.15, 0.2) is 0 Å². The summed E-state index contributed by atoms with van der Waals surface area (Å²) in [6.45, 7) is 12.1. The largest absolute Gasteiger partial charge is 0.307 e. The van der Waals surface area contributed by atoms with Gasteiger partial charge in [0.05, 0.1) is 0 Å². The molecule has 0 N–H and O–H groups in total. The van der Waals surface area contributed by atoms with E-state index in [1.54, 1.807) is 0 Å². The molecule has 9 heavy (non-hydrogen) atoms. The zero-order valence-electron chi connectivity index (χ0n) is 6.68. The molecule has 0 amide bonds. The summed E-state index contributed by atoms with van der Waals surface area (Å²) in [5.41, 5.74) is 0. The summed E-state index contributed by atoms with van der Waals surface area (Å²) in [5.74, 6) is 0. The standard InChI is InChI=1S/C6H15N.CH2O/c1-4-7(5-2)6-3;1-2/h4-6H2,1-3H3;1H2. The van der Waals surface area contributed by atoms with Gasteiger partial charge in [0, 0.05) is 0 Å². The molecule has 56 valence electrons. The number of hydrogen-bond donors (Lipinski definition) is 0. The molecule has 0 unspecified atom stereocenters. The fourth-order valence-electron chi connectivity index (χ4n) is 0.671. The highest BCUT2D eigenvalue weighted by atomic mass is 16.1. The lowest BCUT2D eigenvalue weighted by Crippen LogP contribution is -2.21. The Morgan fingerprint density at radius 2 is 1.22 bits per heavy atom. The topological polar surface area (TPSA) is 20.3 Å². The normalized spacial score (nSPS) is 8.44. The van der Waals surface area contributed by atoms with E-state index in [0.29, 0.717) is 0 Å². The van der Waals surface area contributed by atoms with Gasteiger partial charge in [-0.05, 0) is 19.6 Å². The molecule has 0 fully saturated rings. The summed E-state index contributed by atoms with van der Waals surface area (Å²) < 4.78 is 0. The van der Waals surface area contributed by atoms with Crippen LogP contribution in [0.25, 0.3) is 0 Å². The van der Waals surface area contributed by atoms with Crippen molar-refractivity contribution < 1.29 is 4.79 Å². The summed E-state index contributed by atoms with van der Waals surface area (Å²) in [7, 11) is 0. The zero-order valence-corrected chi connectivity index (χ0v) is 6.68. The molecule has 0 atom stereocenters. The Morgan fingerprint density at radius 1 is 1.00 bits per heavy atom. The lowest BCUT2D eigenvalue weighted by molar-refractivity contribution is -0.0979. The monoisotopic (exact) mass is 131 g/mol. The van der Waals surface area contributed by atoms with Crippen LogP contribution in [0, 0.1) is 0 Å². The number of carbonyl (C=O) groups excluding carboxylic acids is 1. The van der Waals surface area contributed by atoms with Crippen LogP contribution >= 0.6 is 0 Å². The molecule has 0 saturated carbocycles. The summed E-state index contributed by atoms with van der Waals surface area (Å²) in [6.07, 6.45) is 0. The maximum atomic E-state index is 8.00. The van der Waals surface area contributed by atoms with Crippen molar-refractivity contribution in [3.05, 3.63) is 0 Å². The smallest absolute Gasteiger partial charge is 0.106 e. The van der Waals surface area contributed by atoms with Crippen molar-refractivity contribution in [3.8, 4) is 0 Å². The van der Waals surface area contributed by atoms with Crippen LogP contribution in [0.3, 0.4) is 0 Å². The van der Waals surface area contributed by atoms with Gasteiger partial charge in [-0.25, -0.2) is 0 Å². The van der Waals surface area contributed by atoms with E-state index in [0.717, 1.165) is 0 Å². The van der Waals surface area contributed by atoms with Gasteiger partial charge in [0.1, 0.15) is 6.79 Å². The Morgan fingerprint density at radius 3 is 1.22 bits per heavy atom. The first-order valence-corrected chi connectivity index (χ1v) is 3.36. The van der Waals surface area contributed by atoms with Crippen LogP contribution in [0.15, 0.2) is 0 Å². The average Bonchev–Trinajstić information content (AvgIpc) is 1.96. The van der Waals surface area contributed by atoms with E-state index >= 15 is 0 Å². The molecular weight excluding hydrogens is 114 g/mol. The third kappa shape index (κ3) is 7.63. The van der Waals surface area contributed by atoms with Gasteiger partial charge in [-0.3, -0.25) is 0 Å². The molecule has 0 aliphatic heterocycles. The Bertz CT molecular complexity index is 38.7. The minimum atomic E-state index is 1.19. The zero-order chi connectivity index (χ0) is 7.70. The Labute approximate surface area is 57.9 Å². The minimum Gasteiger partial charge on any atom is -0.307 e. The first-order valence-electron chi connectivity index (χ1n) is 3.36. The van der Waals surface area contributed by atoms with Crippen LogP contribution in [0.4, 0.5) is 0 Å². The maximum Gasteiger partial charge on any atom is 0.106 e. The van der Waals surface area contributed by atoms with Crippen molar-refractivity contribution in [1.29, 1.82) is 0 Å². The predicted octanol–water partition coefficient (Wildman–Crippen LogP) is 1.16. The van der Waals surface area contributed by atoms with E-state index in [2.05, 4.69) is 25.7 Å². The molecular formula is C7H17NO. The summed E-state index contributed by atoms with van der Waals surface area (Å²) in [6, 6.07) is 0. The molecule has 0 aliphatic carbocycles. The molecule has 2 heteroatoms. The highest BCUT2D eigenvalue weighted by Crippen LogP contribution is 1.81. The molecule has 0 aromatic carbocycles. The fourth-order valence-corrected chi connectivity index (χ4v) is 0.671. The molecule has 0 saturated heterocycles. The molecule has 0 aromatic heterocycles. The second-order valence-corrected chi connectivity index (χ2v) is 1.62. The Balaban J connectivity index is 0. The number of hydrogen-bond acceptors (Lipinski definition) is 2. The lowest BCUT2D eigenvalue weighted by Gasteiger charge is -2.13. The van der Waals surface area contributed by atoms with Gasteiger partial charge in [-0.15, -0.1) is 0 Å². The van der Waals surface area contributed by atoms with Crippen molar-refractivity contribution in [1.82, 2.24) is 4.90 Å². The maximum absolute atomic E-state index is 8.00. The van der Waals surface area contributed by atoms with E-state index in [1.807, 2.05) is 6.79 Å². The highest BCUT2D eigenvalue weighted by molar-refractivity contribution is 5.10. The van der Waals surface area contributed by atoms with Gasteiger partial charge in [0.2, 0.25) is 0 Å². The van der Waals surface area contributed by atoms with E-state index in [-0.39, 0.29) is 0 Å². The molecule has 2 nitrogen and oxygen atoms in total. The SMILES string of the molecule is C=O.CCN(CC)CC. The molecule has 0 bridgehead atoms.